The van der Waals surface area contributed by atoms with Gasteiger partial charge in [0.05, 0.1) is 12.7 Å². The van der Waals surface area contributed by atoms with Crippen LogP contribution in [0.4, 0.5) is 0 Å². The van der Waals surface area contributed by atoms with E-state index in [9.17, 15) is 4.79 Å². The van der Waals surface area contributed by atoms with Crippen molar-refractivity contribution in [2.75, 3.05) is 7.11 Å². The van der Waals surface area contributed by atoms with Crippen LogP contribution in [0.5, 0.6) is 0 Å². The van der Waals surface area contributed by atoms with Crippen molar-refractivity contribution in [1.29, 1.82) is 0 Å². The predicted octanol–water partition coefficient (Wildman–Crippen LogP) is 2.29. The molecule has 1 unspecified atom stereocenters. The smallest absolute Gasteiger partial charge is 0.337 e. The average molecular weight is 250 g/mol. The zero-order chi connectivity index (χ0) is 12.3. The molecule has 1 heterocycles. The van der Waals surface area contributed by atoms with E-state index in [0.29, 0.717) is 5.57 Å². The standard InChI is InChI=1S/C13H12ClNO2/c1-17-13(16)11-7-10(8-15-12(11)14)9-5-3-2-4-6-9/h2-8,12,15H,1H3. The van der Waals surface area contributed by atoms with Gasteiger partial charge < -0.3 is 10.1 Å². The van der Waals surface area contributed by atoms with Crippen molar-refractivity contribution in [3.05, 3.63) is 53.7 Å². The summed E-state index contributed by atoms with van der Waals surface area (Å²) in [7, 11) is 1.34. The zero-order valence-electron chi connectivity index (χ0n) is 9.31. The minimum Gasteiger partial charge on any atom is -0.466 e. The van der Waals surface area contributed by atoms with Crippen LogP contribution in [0.1, 0.15) is 5.56 Å². The number of halogens is 1. The first kappa shape index (κ1) is 11.7. The van der Waals surface area contributed by atoms with E-state index in [-0.39, 0.29) is 0 Å². The molecule has 3 nitrogen and oxygen atoms in total. The number of rotatable bonds is 2. The van der Waals surface area contributed by atoms with E-state index in [4.69, 9.17) is 11.6 Å². The van der Waals surface area contributed by atoms with Crippen LogP contribution in [-0.2, 0) is 9.53 Å². The van der Waals surface area contributed by atoms with Crippen molar-refractivity contribution in [3.8, 4) is 0 Å². The second-order valence-electron chi connectivity index (χ2n) is 3.59. The van der Waals surface area contributed by atoms with Gasteiger partial charge in [0.25, 0.3) is 0 Å². The molecule has 0 saturated heterocycles. The molecule has 0 amide bonds. The Hall–Kier alpha value is -1.74. The highest BCUT2D eigenvalue weighted by Crippen LogP contribution is 2.23. The number of hydrogen-bond acceptors (Lipinski definition) is 3. The molecule has 0 saturated carbocycles. The van der Waals surface area contributed by atoms with Crippen molar-refractivity contribution in [1.82, 2.24) is 5.32 Å². The van der Waals surface area contributed by atoms with Gasteiger partial charge in [-0.25, -0.2) is 4.79 Å². The Balaban J connectivity index is 2.33. The van der Waals surface area contributed by atoms with Gasteiger partial charge in [0, 0.05) is 6.20 Å². The molecule has 0 bridgehead atoms. The number of carbonyl (C=O) groups excluding carboxylic acids is 1. The Morgan fingerprint density at radius 1 is 1.35 bits per heavy atom. The third-order valence-electron chi connectivity index (χ3n) is 2.50. The average Bonchev–Trinajstić information content (AvgIpc) is 2.39. The second kappa shape index (κ2) is 5.06. The number of hydrogen-bond donors (Lipinski definition) is 1. The largest absolute Gasteiger partial charge is 0.466 e. The lowest BCUT2D eigenvalue weighted by atomic mass is 10.0. The molecular weight excluding hydrogens is 238 g/mol. The van der Waals surface area contributed by atoms with Crippen LogP contribution in [0, 0.1) is 0 Å². The quantitative estimate of drug-likeness (QED) is 0.497. The van der Waals surface area contributed by atoms with Crippen LogP contribution < -0.4 is 5.32 Å². The van der Waals surface area contributed by atoms with E-state index in [1.807, 2.05) is 30.3 Å². The number of dihydropyridines is 1. The molecular formula is C13H12ClNO2. The fourth-order valence-electron chi connectivity index (χ4n) is 1.61. The molecule has 1 aromatic rings. The van der Waals surface area contributed by atoms with Crippen molar-refractivity contribution >= 4 is 23.1 Å². The summed E-state index contributed by atoms with van der Waals surface area (Å²) in [4.78, 5) is 11.5. The van der Waals surface area contributed by atoms with Gasteiger partial charge in [-0.3, -0.25) is 0 Å². The molecule has 1 aromatic carbocycles. The number of allylic oxidation sites excluding steroid dienone is 2. The normalized spacial score (nSPS) is 18.8. The van der Waals surface area contributed by atoms with Gasteiger partial charge in [0.1, 0.15) is 5.50 Å². The highest BCUT2D eigenvalue weighted by Gasteiger charge is 2.22. The minimum atomic E-state index is -0.546. The summed E-state index contributed by atoms with van der Waals surface area (Å²) in [6, 6.07) is 9.75. The van der Waals surface area contributed by atoms with E-state index in [2.05, 4.69) is 10.1 Å². The summed E-state index contributed by atoms with van der Waals surface area (Å²) in [6.07, 6.45) is 3.54. The summed E-state index contributed by atoms with van der Waals surface area (Å²) >= 11 is 5.98. The van der Waals surface area contributed by atoms with Crippen LogP contribution in [0.2, 0.25) is 0 Å². The first-order valence-corrected chi connectivity index (χ1v) is 5.61. The highest BCUT2D eigenvalue weighted by atomic mass is 35.5. The fourth-order valence-corrected chi connectivity index (χ4v) is 1.83. The topological polar surface area (TPSA) is 38.3 Å². The van der Waals surface area contributed by atoms with Gasteiger partial charge in [-0.05, 0) is 17.2 Å². The monoisotopic (exact) mass is 249 g/mol. The lowest BCUT2D eigenvalue weighted by molar-refractivity contribution is -0.136. The molecule has 17 heavy (non-hydrogen) atoms. The first-order chi connectivity index (χ1) is 8.22. The Labute approximate surface area is 105 Å². The van der Waals surface area contributed by atoms with Crippen molar-refractivity contribution in [2.24, 2.45) is 0 Å². The predicted molar refractivity (Wildman–Crippen MR) is 67.3 cm³/mol. The fraction of sp³-hybridized carbons (Fsp3) is 0.154. The molecule has 1 aliphatic rings. The molecule has 1 aliphatic heterocycles. The van der Waals surface area contributed by atoms with Gasteiger partial charge in [0.2, 0.25) is 0 Å². The lowest BCUT2D eigenvalue weighted by Crippen LogP contribution is -2.28. The maximum atomic E-state index is 11.5. The number of methoxy groups -OCH3 is 1. The third-order valence-corrected chi connectivity index (χ3v) is 2.86. The number of esters is 1. The van der Waals surface area contributed by atoms with E-state index in [0.717, 1.165) is 11.1 Å². The van der Waals surface area contributed by atoms with Crippen molar-refractivity contribution in [3.63, 3.8) is 0 Å². The maximum Gasteiger partial charge on any atom is 0.337 e. The molecule has 0 radical (unpaired) electrons. The Morgan fingerprint density at radius 2 is 2.06 bits per heavy atom. The van der Waals surface area contributed by atoms with E-state index < -0.39 is 11.5 Å². The van der Waals surface area contributed by atoms with E-state index in [1.165, 1.54) is 7.11 Å². The SMILES string of the molecule is COC(=O)C1=CC(c2ccccc2)=CNC1Cl. The molecule has 1 atom stereocenters. The number of ether oxygens (including phenoxy) is 1. The second-order valence-corrected chi connectivity index (χ2v) is 4.02. The van der Waals surface area contributed by atoms with Gasteiger partial charge >= 0.3 is 5.97 Å². The van der Waals surface area contributed by atoms with Crippen LogP contribution in [-0.4, -0.2) is 18.6 Å². The molecule has 0 spiro atoms. The molecule has 4 heteroatoms. The lowest BCUT2D eigenvalue weighted by Gasteiger charge is -2.19. The molecule has 0 aromatic heterocycles. The van der Waals surface area contributed by atoms with Gasteiger partial charge in [-0.2, -0.15) is 0 Å². The number of nitrogens with one attached hydrogen (secondary N) is 1. The maximum absolute atomic E-state index is 11.5. The summed E-state index contributed by atoms with van der Waals surface area (Å²) in [5, 5.41) is 2.93. The Morgan fingerprint density at radius 3 is 2.71 bits per heavy atom. The summed E-state index contributed by atoms with van der Waals surface area (Å²) < 4.78 is 4.69. The Bertz CT molecular complexity index is 479. The summed E-state index contributed by atoms with van der Waals surface area (Å²) in [5.74, 6) is -0.418. The van der Waals surface area contributed by atoms with E-state index in [1.54, 1.807) is 12.3 Å². The molecule has 2 rings (SSSR count). The highest BCUT2D eigenvalue weighted by molar-refractivity contribution is 6.25. The van der Waals surface area contributed by atoms with Crippen molar-refractivity contribution < 1.29 is 9.53 Å². The van der Waals surface area contributed by atoms with Crippen molar-refractivity contribution in [2.45, 2.75) is 5.50 Å². The number of benzene rings is 1. The number of carbonyl (C=O) groups is 1. The molecule has 1 N–H and O–H groups in total. The van der Waals surface area contributed by atoms with Gasteiger partial charge in [0.15, 0.2) is 0 Å². The van der Waals surface area contributed by atoms with Crippen LogP contribution in [0.3, 0.4) is 0 Å². The molecule has 0 fully saturated rings. The van der Waals surface area contributed by atoms with Crippen LogP contribution in [0.15, 0.2) is 48.2 Å². The first-order valence-electron chi connectivity index (χ1n) is 5.18. The summed E-state index contributed by atoms with van der Waals surface area (Å²) in [6.45, 7) is 0. The van der Waals surface area contributed by atoms with Crippen LogP contribution >= 0.6 is 11.6 Å². The number of alkyl halides is 1. The van der Waals surface area contributed by atoms with Gasteiger partial charge in [-0.1, -0.05) is 41.9 Å². The Kier molecular flexibility index (Phi) is 3.49. The van der Waals surface area contributed by atoms with Crippen LogP contribution in [0.25, 0.3) is 5.57 Å². The van der Waals surface area contributed by atoms with E-state index >= 15 is 0 Å². The molecule has 0 aliphatic carbocycles. The zero-order valence-corrected chi connectivity index (χ0v) is 10.1. The van der Waals surface area contributed by atoms with Gasteiger partial charge in [-0.15, -0.1) is 0 Å². The summed E-state index contributed by atoms with van der Waals surface area (Å²) in [5.41, 5.74) is 1.79. The minimum absolute atomic E-state index is 0.413. The molecule has 88 valence electrons. The third kappa shape index (κ3) is 2.50.